The van der Waals surface area contributed by atoms with Gasteiger partial charge in [0.25, 0.3) is 0 Å². The first-order chi connectivity index (χ1) is 8.42. The number of anilines is 2. The average molecular weight is 271 g/mol. The van der Waals surface area contributed by atoms with Gasteiger partial charge in [-0.15, -0.1) is 0 Å². The number of sulfonamides is 1. The number of para-hydroxylation sites is 2. The number of nitrogens with one attached hydrogen (secondary N) is 3. The van der Waals surface area contributed by atoms with Crippen molar-refractivity contribution in [2.24, 2.45) is 0 Å². The second-order valence-electron chi connectivity index (χ2n) is 3.75. The molecule has 18 heavy (non-hydrogen) atoms. The van der Waals surface area contributed by atoms with Crippen LogP contribution in [-0.2, 0) is 14.8 Å². The van der Waals surface area contributed by atoms with Gasteiger partial charge in [0.1, 0.15) is 0 Å². The van der Waals surface area contributed by atoms with Gasteiger partial charge in [-0.3, -0.25) is 9.52 Å². The van der Waals surface area contributed by atoms with E-state index in [1.807, 2.05) is 6.92 Å². The van der Waals surface area contributed by atoms with Crippen LogP contribution in [-0.4, -0.2) is 33.7 Å². The van der Waals surface area contributed by atoms with Crippen molar-refractivity contribution in [3.63, 3.8) is 0 Å². The number of carbonyl (C=O) groups excluding carboxylic acids is 1. The average Bonchev–Trinajstić information content (AvgIpc) is 2.27. The molecule has 6 nitrogen and oxygen atoms in total. The molecule has 0 spiro atoms. The molecule has 0 aliphatic rings. The summed E-state index contributed by atoms with van der Waals surface area (Å²) in [6.45, 7) is 2.77. The Hall–Kier alpha value is -1.60. The van der Waals surface area contributed by atoms with Gasteiger partial charge in [-0.25, -0.2) is 8.42 Å². The summed E-state index contributed by atoms with van der Waals surface area (Å²) < 4.78 is 24.7. The lowest BCUT2D eigenvalue weighted by Gasteiger charge is -2.11. The monoisotopic (exact) mass is 271 g/mol. The number of hydrogen-bond acceptors (Lipinski definition) is 4. The number of rotatable bonds is 6. The normalized spacial score (nSPS) is 11.0. The lowest BCUT2D eigenvalue weighted by Crippen LogP contribution is -2.28. The zero-order valence-electron chi connectivity index (χ0n) is 10.4. The smallest absolute Gasteiger partial charge is 0.238 e. The van der Waals surface area contributed by atoms with Gasteiger partial charge in [-0.05, 0) is 18.7 Å². The molecule has 0 aromatic heterocycles. The topological polar surface area (TPSA) is 87.3 Å². The summed E-state index contributed by atoms with van der Waals surface area (Å²) >= 11 is 0. The summed E-state index contributed by atoms with van der Waals surface area (Å²) in [6, 6.07) is 6.63. The Morgan fingerprint density at radius 1 is 1.22 bits per heavy atom. The van der Waals surface area contributed by atoms with Gasteiger partial charge in [0.05, 0.1) is 24.2 Å². The standard InChI is InChI=1S/C11H17N3O3S/c1-3-12-8-11(15)13-9-6-4-5-7-10(9)14-18(2,16)17/h4-7,12,14H,3,8H2,1-2H3,(H,13,15). The Balaban J connectivity index is 2.79. The highest BCUT2D eigenvalue weighted by molar-refractivity contribution is 7.92. The Morgan fingerprint density at radius 3 is 2.39 bits per heavy atom. The molecule has 0 unspecified atom stereocenters. The van der Waals surface area contributed by atoms with Crippen molar-refractivity contribution in [2.75, 3.05) is 29.4 Å². The lowest BCUT2D eigenvalue weighted by molar-refractivity contribution is -0.115. The number of carbonyl (C=O) groups is 1. The summed E-state index contributed by atoms with van der Waals surface area (Å²) in [5.74, 6) is -0.223. The van der Waals surface area contributed by atoms with Gasteiger partial charge in [0, 0.05) is 0 Å². The summed E-state index contributed by atoms with van der Waals surface area (Å²) in [7, 11) is -3.37. The van der Waals surface area contributed by atoms with Crippen LogP contribution in [0.25, 0.3) is 0 Å². The molecular weight excluding hydrogens is 254 g/mol. The fourth-order valence-corrected chi connectivity index (χ4v) is 1.89. The summed E-state index contributed by atoms with van der Waals surface area (Å²) in [5, 5.41) is 5.52. The molecule has 100 valence electrons. The molecule has 0 radical (unpaired) electrons. The third kappa shape index (κ3) is 5.15. The Labute approximate surface area is 107 Å². The minimum Gasteiger partial charge on any atom is -0.323 e. The van der Waals surface area contributed by atoms with Crippen molar-refractivity contribution in [3.05, 3.63) is 24.3 Å². The molecule has 1 aromatic carbocycles. The zero-order valence-corrected chi connectivity index (χ0v) is 11.2. The maximum atomic E-state index is 11.5. The van der Waals surface area contributed by atoms with Gasteiger partial charge in [0.15, 0.2) is 0 Å². The van der Waals surface area contributed by atoms with E-state index in [-0.39, 0.29) is 12.5 Å². The molecule has 0 heterocycles. The molecular formula is C11H17N3O3S. The predicted molar refractivity (Wildman–Crippen MR) is 72.1 cm³/mol. The molecule has 7 heteroatoms. The molecule has 0 saturated heterocycles. The quantitative estimate of drug-likeness (QED) is 0.707. The van der Waals surface area contributed by atoms with Crippen LogP contribution in [0.1, 0.15) is 6.92 Å². The van der Waals surface area contributed by atoms with Crippen molar-refractivity contribution in [1.82, 2.24) is 5.32 Å². The SMILES string of the molecule is CCNCC(=O)Nc1ccccc1NS(C)(=O)=O. The predicted octanol–water partition coefficient (Wildman–Crippen LogP) is 0.606. The van der Waals surface area contributed by atoms with Gasteiger partial charge < -0.3 is 10.6 Å². The van der Waals surface area contributed by atoms with Crippen molar-refractivity contribution < 1.29 is 13.2 Å². The van der Waals surface area contributed by atoms with Gasteiger partial charge in [-0.1, -0.05) is 19.1 Å². The Bertz CT molecular complexity index is 514. The summed E-state index contributed by atoms with van der Waals surface area (Å²) in [4.78, 5) is 11.5. The van der Waals surface area contributed by atoms with Crippen LogP contribution in [0.15, 0.2) is 24.3 Å². The Morgan fingerprint density at radius 2 is 1.83 bits per heavy atom. The third-order valence-electron chi connectivity index (χ3n) is 2.03. The maximum Gasteiger partial charge on any atom is 0.238 e. The Kier molecular flexibility index (Phi) is 5.11. The van der Waals surface area contributed by atoms with E-state index in [1.165, 1.54) is 0 Å². The molecule has 1 aromatic rings. The van der Waals surface area contributed by atoms with E-state index in [4.69, 9.17) is 0 Å². The van der Waals surface area contributed by atoms with E-state index in [9.17, 15) is 13.2 Å². The highest BCUT2D eigenvalue weighted by Crippen LogP contribution is 2.21. The van der Waals surface area contributed by atoms with Crippen LogP contribution in [0, 0.1) is 0 Å². The van der Waals surface area contributed by atoms with Gasteiger partial charge >= 0.3 is 0 Å². The minimum atomic E-state index is -3.37. The van der Waals surface area contributed by atoms with Crippen LogP contribution in [0.4, 0.5) is 11.4 Å². The number of benzene rings is 1. The van der Waals surface area contributed by atoms with Crippen LogP contribution in [0.2, 0.25) is 0 Å². The van der Waals surface area contributed by atoms with Crippen LogP contribution in [0.5, 0.6) is 0 Å². The first kappa shape index (κ1) is 14.5. The first-order valence-electron chi connectivity index (χ1n) is 5.49. The lowest BCUT2D eigenvalue weighted by atomic mass is 10.2. The van der Waals surface area contributed by atoms with E-state index in [2.05, 4.69) is 15.4 Å². The molecule has 0 aliphatic carbocycles. The third-order valence-corrected chi connectivity index (χ3v) is 2.62. The highest BCUT2D eigenvalue weighted by atomic mass is 32.2. The number of likely N-dealkylation sites (N-methyl/N-ethyl adjacent to an activating group) is 1. The number of amides is 1. The molecule has 3 N–H and O–H groups in total. The molecule has 0 fully saturated rings. The van der Waals surface area contributed by atoms with E-state index < -0.39 is 10.0 Å². The summed E-state index contributed by atoms with van der Waals surface area (Å²) in [6.07, 6.45) is 1.06. The molecule has 0 saturated carbocycles. The van der Waals surface area contributed by atoms with Crippen molar-refractivity contribution in [3.8, 4) is 0 Å². The van der Waals surface area contributed by atoms with E-state index >= 15 is 0 Å². The largest absolute Gasteiger partial charge is 0.323 e. The fourth-order valence-electron chi connectivity index (χ4n) is 1.31. The minimum absolute atomic E-state index is 0.184. The van der Waals surface area contributed by atoms with Crippen LogP contribution in [0.3, 0.4) is 0 Å². The molecule has 0 atom stereocenters. The van der Waals surface area contributed by atoms with Crippen LogP contribution < -0.4 is 15.4 Å². The van der Waals surface area contributed by atoms with E-state index in [0.29, 0.717) is 17.9 Å². The molecule has 0 aliphatic heterocycles. The molecule has 1 rings (SSSR count). The first-order valence-corrected chi connectivity index (χ1v) is 7.39. The van der Waals surface area contributed by atoms with Gasteiger partial charge in [0.2, 0.25) is 15.9 Å². The van der Waals surface area contributed by atoms with Gasteiger partial charge in [-0.2, -0.15) is 0 Å². The van der Waals surface area contributed by atoms with Crippen molar-refractivity contribution in [1.29, 1.82) is 0 Å². The second kappa shape index (κ2) is 6.36. The fraction of sp³-hybridized carbons (Fsp3) is 0.364. The highest BCUT2D eigenvalue weighted by Gasteiger charge is 2.09. The number of hydrogen-bond donors (Lipinski definition) is 3. The maximum absolute atomic E-state index is 11.5. The van der Waals surface area contributed by atoms with Crippen LogP contribution >= 0.6 is 0 Å². The molecule has 1 amide bonds. The molecule has 0 bridgehead atoms. The van der Waals surface area contributed by atoms with E-state index in [0.717, 1.165) is 6.26 Å². The van der Waals surface area contributed by atoms with Crippen molar-refractivity contribution in [2.45, 2.75) is 6.92 Å². The zero-order chi connectivity index (χ0) is 13.6. The van der Waals surface area contributed by atoms with Crippen molar-refractivity contribution >= 4 is 27.3 Å². The van der Waals surface area contributed by atoms with E-state index in [1.54, 1.807) is 24.3 Å². The second-order valence-corrected chi connectivity index (χ2v) is 5.50. The summed E-state index contributed by atoms with van der Waals surface area (Å²) in [5.41, 5.74) is 0.788.